The molecule has 0 spiro atoms. The molecule has 0 N–H and O–H groups in total. The Balaban J connectivity index is 2.44. The molecule has 1 aromatic heterocycles. The number of hydrogen-bond acceptors (Lipinski definition) is 1. The zero-order valence-corrected chi connectivity index (χ0v) is 11.5. The van der Waals surface area contributed by atoms with Crippen LogP contribution in [0.5, 0.6) is 0 Å². The first-order valence-corrected chi connectivity index (χ1v) is 8.98. The van der Waals surface area contributed by atoms with E-state index >= 15 is 0 Å². The van der Waals surface area contributed by atoms with Crippen LogP contribution in [0.2, 0.25) is 4.44 Å². The first kappa shape index (κ1) is 10.0. The fraction of sp³-hybridized carbons (Fsp3) is 0.364. The third kappa shape index (κ3) is 1.80. The molecule has 0 saturated heterocycles. The van der Waals surface area contributed by atoms with Crippen LogP contribution in [-0.4, -0.2) is 30.9 Å². The van der Waals surface area contributed by atoms with E-state index in [1.165, 1.54) is 25.5 Å². The summed E-state index contributed by atoms with van der Waals surface area (Å²) in [5.41, 5.74) is 2.58. The molecule has 0 unspecified atom stereocenters. The second-order valence-corrected chi connectivity index (χ2v) is 7.82. The van der Waals surface area contributed by atoms with Crippen molar-refractivity contribution in [3.63, 3.8) is 0 Å². The first-order valence-electron chi connectivity index (χ1n) is 4.94. The van der Waals surface area contributed by atoms with Crippen molar-refractivity contribution in [2.24, 2.45) is 7.05 Å². The van der Waals surface area contributed by atoms with Gasteiger partial charge in [0.1, 0.15) is 0 Å². The summed E-state index contributed by atoms with van der Waals surface area (Å²) in [7, 11) is 2.03. The van der Waals surface area contributed by atoms with Gasteiger partial charge in [-0.15, -0.1) is 0 Å². The Morgan fingerprint density at radius 2 is 2.14 bits per heavy atom. The van der Waals surface area contributed by atoms with E-state index in [0.29, 0.717) is 0 Å². The van der Waals surface area contributed by atoms with Gasteiger partial charge < -0.3 is 0 Å². The first-order chi connectivity index (χ1) is 6.83. The van der Waals surface area contributed by atoms with E-state index < -0.39 is 0 Å². The summed E-state index contributed by atoms with van der Waals surface area (Å²) in [6.45, 7) is 2.29. The number of aryl methyl sites for hydroxylation is 1. The molecule has 2 rings (SSSR count). The fourth-order valence-electron chi connectivity index (χ4n) is 1.66. The van der Waals surface area contributed by atoms with E-state index in [-0.39, 0.29) is 21.1 Å². The van der Waals surface area contributed by atoms with Crippen LogP contribution in [0.4, 0.5) is 0 Å². The molecule has 2 radical (unpaired) electrons. The molecule has 1 heterocycles. The molecular formula is C11H14N2Sn. The molecule has 14 heavy (non-hydrogen) atoms. The van der Waals surface area contributed by atoms with Crippen molar-refractivity contribution < 1.29 is 0 Å². The van der Waals surface area contributed by atoms with Crippen molar-refractivity contribution in [2.45, 2.75) is 15.8 Å². The number of para-hydroxylation sites is 1. The van der Waals surface area contributed by atoms with Gasteiger partial charge in [0.25, 0.3) is 0 Å². The van der Waals surface area contributed by atoms with E-state index in [0.717, 1.165) is 0 Å². The maximum atomic E-state index is 4.59. The monoisotopic (exact) mass is 294 g/mol. The molecule has 0 fully saturated rings. The van der Waals surface area contributed by atoms with Crippen molar-refractivity contribution in [1.29, 1.82) is 0 Å². The molecular weight excluding hydrogens is 279 g/mol. The van der Waals surface area contributed by atoms with Gasteiger partial charge in [-0.25, -0.2) is 0 Å². The quantitative estimate of drug-likeness (QED) is 0.793. The van der Waals surface area contributed by atoms with Crippen molar-refractivity contribution in [2.75, 3.05) is 0 Å². The van der Waals surface area contributed by atoms with Crippen LogP contribution >= 0.6 is 0 Å². The molecule has 3 heteroatoms. The van der Waals surface area contributed by atoms with Gasteiger partial charge in [-0.1, -0.05) is 0 Å². The Bertz CT molecular complexity index is 434. The summed E-state index contributed by atoms with van der Waals surface area (Å²) in [6, 6.07) is 8.51. The molecule has 0 aliphatic carbocycles. The Labute approximate surface area is 94.5 Å². The third-order valence-corrected chi connectivity index (χ3v) is 5.47. The number of aromatic nitrogens is 2. The average Bonchev–Trinajstić information content (AvgIpc) is 2.54. The van der Waals surface area contributed by atoms with Crippen LogP contribution in [0.3, 0.4) is 0 Å². The van der Waals surface area contributed by atoms with Gasteiger partial charge in [-0.3, -0.25) is 0 Å². The molecule has 72 valence electrons. The summed E-state index contributed by atoms with van der Waals surface area (Å²) < 4.78 is 4.66. The second kappa shape index (κ2) is 4.34. The molecule has 1 aromatic carbocycles. The predicted octanol–water partition coefficient (Wildman–Crippen LogP) is 2.22. The second-order valence-electron chi connectivity index (χ2n) is 3.37. The summed E-state index contributed by atoms with van der Waals surface area (Å²) in [6.07, 6.45) is 0. The van der Waals surface area contributed by atoms with Crippen LogP contribution in [0.15, 0.2) is 24.3 Å². The molecule has 0 aliphatic rings. The van der Waals surface area contributed by atoms with E-state index in [1.807, 2.05) is 11.7 Å². The average molecular weight is 293 g/mol. The number of hydrogen-bond donors (Lipinski definition) is 0. The number of nitrogens with zero attached hydrogens (tertiary/aromatic N) is 2. The topological polar surface area (TPSA) is 17.8 Å². The minimum atomic E-state index is -0.185. The molecule has 0 saturated carbocycles. The fourth-order valence-corrected chi connectivity index (χ4v) is 3.80. The molecule has 2 nitrogen and oxygen atoms in total. The van der Waals surface area contributed by atoms with Crippen molar-refractivity contribution in [3.8, 4) is 0 Å². The van der Waals surface area contributed by atoms with Gasteiger partial charge in [0.15, 0.2) is 0 Å². The van der Waals surface area contributed by atoms with Crippen LogP contribution in [0, 0.1) is 0 Å². The molecule has 0 aliphatic heterocycles. The maximum absolute atomic E-state index is 4.59. The molecule has 0 bridgehead atoms. The number of rotatable bonds is 3. The molecule has 0 amide bonds. The van der Waals surface area contributed by atoms with Crippen molar-refractivity contribution in [3.05, 3.63) is 30.0 Å². The van der Waals surface area contributed by atoms with Gasteiger partial charge in [0, 0.05) is 0 Å². The Hall–Kier alpha value is -0.511. The van der Waals surface area contributed by atoms with Crippen LogP contribution < -0.4 is 0 Å². The predicted molar refractivity (Wildman–Crippen MR) is 60.7 cm³/mol. The van der Waals surface area contributed by atoms with Crippen LogP contribution in [-0.2, 0) is 11.5 Å². The van der Waals surface area contributed by atoms with Gasteiger partial charge in [-0.2, -0.15) is 0 Å². The minimum absolute atomic E-state index is 0.185. The third-order valence-electron chi connectivity index (χ3n) is 2.38. The standard InChI is InChI=1S/C9H9N2.C2H5.Sn/c1-7-8-5-3-4-6-9(8)11(2)10-7;1-2;/h3-6H,1H2,2H3;1H2,2H3;. The van der Waals surface area contributed by atoms with Crippen molar-refractivity contribution >= 4 is 32.0 Å². The normalized spacial score (nSPS) is 11.0. The summed E-state index contributed by atoms with van der Waals surface area (Å²) in [5.74, 6) is 0. The van der Waals surface area contributed by atoms with E-state index in [1.54, 1.807) is 0 Å². The number of fused-ring (bicyclic) bond motifs is 1. The van der Waals surface area contributed by atoms with Gasteiger partial charge >= 0.3 is 94.6 Å². The Morgan fingerprint density at radius 1 is 1.36 bits per heavy atom. The zero-order chi connectivity index (χ0) is 9.97. The van der Waals surface area contributed by atoms with Crippen LogP contribution in [0.1, 0.15) is 12.6 Å². The Kier molecular flexibility index (Phi) is 3.11. The van der Waals surface area contributed by atoms with Gasteiger partial charge in [0.05, 0.1) is 0 Å². The molecule has 0 atom stereocenters. The van der Waals surface area contributed by atoms with Crippen molar-refractivity contribution in [1.82, 2.24) is 9.78 Å². The van der Waals surface area contributed by atoms with E-state index in [2.05, 4.69) is 36.3 Å². The van der Waals surface area contributed by atoms with E-state index in [4.69, 9.17) is 0 Å². The summed E-state index contributed by atoms with van der Waals surface area (Å²) >= 11 is -0.185. The zero-order valence-electron chi connectivity index (χ0n) is 8.62. The van der Waals surface area contributed by atoms with Crippen LogP contribution in [0.25, 0.3) is 10.9 Å². The molecule has 2 aromatic rings. The van der Waals surface area contributed by atoms with Gasteiger partial charge in [0.2, 0.25) is 0 Å². The number of benzene rings is 1. The Morgan fingerprint density at radius 3 is 2.93 bits per heavy atom. The van der Waals surface area contributed by atoms with E-state index in [9.17, 15) is 0 Å². The SMILES string of the molecule is C[CH2][Sn][CH2]c1nn(C)c2ccccc12. The summed E-state index contributed by atoms with van der Waals surface area (Å²) in [5, 5.41) is 5.94. The van der Waals surface area contributed by atoms with Gasteiger partial charge in [-0.05, 0) is 0 Å². The summed E-state index contributed by atoms with van der Waals surface area (Å²) in [4.78, 5) is 0.